The molecule has 0 aliphatic carbocycles. The van der Waals surface area contributed by atoms with Crippen molar-refractivity contribution in [1.82, 2.24) is 13.8 Å². The van der Waals surface area contributed by atoms with E-state index in [4.69, 9.17) is 4.52 Å². The molecular formula is C16H21N3O5S2. The largest absolute Gasteiger partial charge is 0.360 e. The zero-order valence-electron chi connectivity index (χ0n) is 15.1. The van der Waals surface area contributed by atoms with Crippen molar-refractivity contribution in [2.75, 3.05) is 20.6 Å². The molecule has 10 heteroatoms. The lowest BCUT2D eigenvalue weighted by atomic mass is 10.0. The number of hydrogen-bond donors (Lipinski definition) is 0. The van der Waals surface area contributed by atoms with Gasteiger partial charge in [-0.1, -0.05) is 11.2 Å². The molecule has 2 heterocycles. The average Bonchev–Trinajstić information content (AvgIpc) is 2.92. The summed E-state index contributed by atoms with van der Waals surface area (Å²) < 4.78 is 58.1. The van der Waals surface area contributed by atoms with Gasteiger partial charge in [0.05, 0.1) is 4.90 Å². The van der Waals surface area contributed by atoms with Crippen LogP contribution in [0.4, 0.5) is 0 Å². The third-order valence-electron chi connectivity index (χ3n) is 4.50. The number of rotatable bonds is 4. The zero-order valence-corrected chi connectivity index (χ0v) is 16.7. The van der Waals surface area contributed by atoms with Crippen LogP contribution in [0.5, 0.6) is 0 Å². The molecule has 0 saturated heterocycles. The highest BCUT2D eigenvalue weighted by molar-refractivity contribution is 7.89. The topological polar surface area (TPSA) is 101 Å². The minimum Gasteiger partial charge on any atom is -0.360 e. The van der Waals surface area contributed by atoms with Gasteiger partial charge in [0.1, 0.15) is 10.6 Å². The highest BCUT2D eigenvalue weighted by Crippen LogP contribution is 2.29. The lowest BCUT2D eigenvalue weighted by Gasteiger charge is -2.28. The summed E-state index contributed by atoms with van der Waals surface area (Å²) in [7, 11) is -4.43. The highest BCUT2D eigenvalue weighted by Gasteiger charge is 2.33. The Morgan fingerprint density at radius 3 is 2.38 bits per heavy atom. The summed E-state index contributed by atoms with van der Waals surface area (Å²) in [5, 5.41) is 3.72. The maximum atomic E-state index is 13.0. The molecule has 1 aliphatic heterocycles. The van der Waals surface area contributed by atoms with E-state index < -0.39 is 20.0 Å². The Morgan fingerprint density at radius 1 is 1.12 bits per heavy atom. The molecule has 0 N–H and O–H groups in total. The maximum Gasteiger partial charge on any atom is 0.248 e. The molecule has 26 heavy (non-hydrogen) atoms. The molecule has 142 valence electrons. The van der Waals surface area contributed by atoms with Crippen molar-refractivity contribution in [3.8, 4) is 0 Å². The lowest BCUT2D eigenvalue weighted by molar-refractivity contribution is 0.381. The summed E-state index contributed by atoms with van der Waals surface area (Å²) in [6.07, 6.45) is 0.514. The van der Waals surface area contributed by atoms with Crippen molar-refractivity contribution < 1.29 is 21.4 Å². The molecule has 2 aromatic rings. The summed E-state index contributed by atoms with van der Waals surface area (Å²) in [6, 6.07) is 4.87. The Kier molecular flexibility index (Phi) is 4.72. The zero-order chi connectivity index (χ0) is 19.3. The molecule has 0 unspecified atom stereocenters. The minimum atomic E-state index is -3.77. The molecular weight excluding hydrogens is 378 g/mol. The van der Waals surface area contributed by atoms with Crippen LogP contribution in [-0.2, 0) is 33.0 Å². The number of fused-ring (bicyclic) bond motifs is 1. The molecule has 1 aromatic heterocycles. The third kappa shape index (κ3) is 3.07. The summed E-state index contributed by atoms with van der Waals surface area (Å²) in [4.78, 5) is 0.232. The van der Waals surface area contributed by atoms with Gasteiger partial charge in [-0.2, -0.15) is 4.31 Å². The van der Waals surface area contributed by atoms with Gasteiger partial charge in [0.25, 0.3) is 0 Å². The molecule has 1 aromatic carbocycles. The van der Waals surface area contributed by atoms with Crippen molar-refractivity contribution in [2.45, 2.75) is 36.6 Å². The monoisotopic (exact) mass is 399 g/mol. The normalized spacial score (nSPS) is 16.0. The average molecular weight is 399 g/mol. The van der Waals surface area contributed by atoms with Crippen molar-refractivity contribution in [3.05, 3.63) is 40.8 Å². The van der Waals surface area contributed by atoms with Gasteiger partial charge < -0.3 is 4.52 Å². The van der Waals surface area contributed by atoms with E-state index in [1.54, 1.807) is 32.0 Å². The summed E-state index contributed by atoms with van der Waals surface area (Å²) in [6.45, 7) is 3.58. The Balaban J connectivity index is 1.99. The molecule has 0 spiro atoms. The Bertz CT molecular complexity index is 1040. The first-order valence-electron chi connectivity index (χ1n) is 8.02. The summed E-state index contributed by atoms with van der Waals surface area (Å²) >= 11 is 0. The first-order valence-corrected chi connectivity index (χ1v) is 10.9. The molecule has 0 amide bonds. The second-order valence-electron chi connectivity index (χ2n) is 6.46. The van der Waals surface area contributed by atoms with E-state index in [-0.39, 0.29) is 22.1 Å². The van der Waals surface area contributed by atoms with E-state index in [0.29, 0.717) is 24.2 Å². The second-order valence-corrected chi connectivity index (χ2v) is 10.5. The van der Waals surface area contributed by atoms with Crippen molar-refractivity contribution in [1.29, 1.82) is 0 Å². The predicted octanol–water partition coefficient (Wildman–Crippen LogP) is 1.29. The van der Waals surface area contributed by atoms with Gasteiger partial charge in [0, 0.05) is 27.2 Å². The fraction of sp³-hybridized carbons (Fsp3) is 0.438. The predicted molar refractivity (Wildman–Crippen MR) is 94.6 cm³/mol. The smallest absolute Gasteiger partial charge is 0.248 e. The van der Waals surface area contributed by atoms with E-state index in [9.17, 15) is 16.8 Å². The fourth-order valence-electron chi connectivity index (χ4n) is 3.06. The number of benzene rings is 1. The van der Waals surface area contributed by atoms with E-state index >= 15 is 0 Å². The van der Waals surface area contributed by atoms with Gasteiger partial charge in [-0.15, -0.1) is 0 Å². The fourth-order valence-corrected chi connectivity index (χ4v) is 5.72. The van der Waals surface area contributed by atoms with Crippen LogP contribution in [0.1, 0.15) is 22.6 Å². The van der Waals surface area contributed by atoms with Crippen molar-refractivity contribution in [3.63, 3.8) is 0 Å². The molecule has 0 bridgehead atoms. The van der Waals surface area contributed by atoms with Gasteiger partial charge in [-0.3, -0.25) is 0 Å². The standard InChI is InChI=1S/C16H21N3O5S2/c1-11-16(12(2)24-17-11)26(22,23)19-8-7-13-5-6-15(9-14(13)10-19)25(20,21)18(3)4/h5-6,9H,7-8,10H2,1-4H3. The van der Waals surface area contributed by atoms with Crippen LogP contribution in [0.2, 0.25) is 0 Å². The van der Waals surface area contributed by atoms with E-state index in [1.807, 2.05) is 0 Å². The Hall–Kier alpha value is -1.75. The SMILES string of the molecule is Cc1noc(C)c1S(=O)(=O)N1CCc2ccc(S(=O)(=O)N(C)C)cc2C1. The molecule has 1 aliphatic rings. The minimum absolute atomic E-state index is 0.0815. The van der Waals surface area contributed by atoms with E-state index in [2.05, 4.69) is 5.16 Å². The molecule has 0 fully saturated rings. The molecule has 0 radical (unpaired) electrons. The summed E-state index contributed by atoms with van der Waals surface area (Å²) in [5.41, 5.74) is 1.96. The van der Waals surface area contributed by atoms with Crippen LogP contribution in [0.15, 0.2) is 32.5 Å². The van der Waals surface area contributed by atoms with E-state index in [0.717, 1.165) is 9.87 Å². The first-order chi connectivity index (χ1) is 12.0. The van der Waals surface area contributed by atoms with Crippen LogP contribution in [0.3, 0.4) is 0 Å². The molecule has 0 saturated carbocycles. The number of aryl methyl sites for hydroxylation is 2. The van der Waals surface area contributed by atoms with Crippen LogP contribution < -0.4 is 0 Å². The van der Waals surface area contributed by atoms with Crippen LogP contribution in [0.25, 0.3) is 0 Å². The van der Waals surface area contributed by atoms with Crippen molar-refractivity contribution >= 4 is 20.0 Å². The van der Waals surface area contributed by atoms with Gasteiger partial charge in [0.15, 0.2) is 5.76 Å². The quantitative estimate of drug-likeness (QED) is 0.768. The summed E-state index contributed by atoms with van der Waals surface area (Å²) in [5.74, 6) is 0.247. The number of aromatic nitrogens is 1. The van der Waals surface area contributed by atoms with Gasteiger partial charge in [-0.05, 0) is 43.5 Å². The third-order valence-corrected chi connectivity index (χ3v) is 8.40. The number of sulfonamides is 2. The van der Waals surface area contributed by atoms with E-state index in [1.165, 1.54) is 18.4 Å². The van der Waals surface area contributed by atoms with Gasteiger partial charge in [-0.25, -0.2) is 21.1 Å². The first kappa shape index (κ1) is 19.0. The molecule has 3 rings (SSSR count). The highest BCUT2D eigenvalue weighted by atomic mass is 32.2. The van der Waals surface area contributed by atoms with Crippen molar-refractivity contribution in [2.24, 2.45) is 0 Å². The second kappa shape index (κ2) is 6.45. The Labute approximate surface area is 153 Å². The molecule has 0 atom stereocenters. The Morgan fingerprint density at radius 2 is 1.81 bits per heavy atom. The van der Waals surface area contributed by atoms with Gasteiger partial charge in [0.2, 0.25) is 20.0 Å². The van der Waals surface area contributed by atoms with Crippen LogP contribution in [-0.4, -0.2) is 51.2 Å². The number of hydrogen-bond acceptors (Lipinski definition) is 6. The maximum absolute atomic E-state index is 13.0. The molecule has 8 nitrogen and oxygen atoms in total. The van der Waals surface area contributed by atoms with Crippen LogP contribution in [0, 0.1) is 13.8 Å². The number of nitrogens with zero attached hydrogens (tertiary/aromatic N) is 3. The lowest BCUT2D eigenvalue weighted by Crippen LogP contribution is -2.36. The van der Waals surface area contributed by atoms with Crippen LogP contribution >= 0.6 is 0 Å². The van der Waals surface area contributed by atoms with Gasteiger partial charge >= 0.3 is 0 Å².